The molecule has 0 aliphatic carbocycles. The molecule has 0 aromatic carbocycles. The van der Waals surface area contributed by atoms with E-state index in [0.29, 0.717) is 13.1 Å². The average Bonchev–Trinajstić information content (AvgIpc) is 3.27. The zero-order valence-electron chi connectivity index (χ0n) is 39.8. The average molecular weight is 968 g/mol. The first-order chi connectivity index (χ1) is 30.8. The molecule has 24 nitrogen and oxygen atoms in total. The molecule has 0 radical (unpaired) electrons. The Morgan fingerprint density at radius 1 is 0.379 bits per heavy atom. The Morgan fingerprint density at radius 3 is 1.03 bits per heavy atom. The quantitative estimate of drug-likeness (QED) is 0.0855. The third kappa shape index (κ3) is 18.7. The van der Waals surface area contributed by atoms with E-state index in [2.05, 4.69) is 4.90 Å². The van der Waals surface area contributed by atoms with E-state index < -0.39 is 110 Å². The van der Waals surface area contributed by atoms with Gasteiger partial charge in [0, 0.05) is 58.0 Å². The summed E-state index contributed by atoms with van der Waals surface area (Å²) in [5, 5.41) is 167. The van der Waals surface area contributed by atoms with Gasteiger partial charge in [0.1, 0.15) is 48.8 Å². The van der Waals surface area contributed by atoms with Crippen LogP contribution in [0.5, 0.6) is 0 Å². The molecule has 5 rings (SSSR count). The lowest BCUT2D eigenvalue weighted by atomic mass is 9.94. The highest BCUT2D eigenvalue weighted by Gasteiger charge is 2.42. The van der Waals surface area contributed by atoms with Crippen LogP contribution in [0, 0.1) is 0 Å². The van der Waals surface area contributed by atoms with Crippen LogP contribution in [0.3, 0.4) is 0 Å². The minimum absolute atomic E-state index is 0.0894. The second-order valence-electron chi connectivity index (χ2n) is 18.3. The van der Waals surface area contributed by atoms with E-state index in [9.17, 15) is 76.6 Å². The molecule has 5 saturated heterocycles. The first-order valence-electron chi connectivity index (χ1n) is 23.0. The topological polar surface area (TPSA) is 390 Å². The summed E-state index contributed by atoms with van der Waals surface area (Å²) in [6.07, 6.45) is -10.5. The van der Waals surface area contributed by atoms with Crippen LogP contribution < -0.4 is 0 Å². The van der Waals surface area contributed by atoms with Crippen molar-refractivity contribution < 1.29 is 96.7 Å². The molecule has 0 unspecified atom stereocenters. The number of likely N-dealkylation sites (N-methyl/N-ethyl adjacent to an activating group) is 4. The van der Waals surface area contributed by atoms with Gasteiger partial charge in [0.25, 0.3) is 0 Å². The maximum absolute atomic E-state index is 9.82. The normalized spacial score (nSPS) is 41.8. The summed E-state index contributed by atoms with van der Waals surface area (Å²) in [6, 6.07) is -1.63. The number of rotatable bonds is 11. The summed E-state index contributed by atoms with van der Waals surface area (Å²) in [7, 11) is 6.85. The molecule has 24 heteroatoms. The Morgan fingerprint density at radius 2 is 0.682 bits per heavy atom. The van der Waals surface area contributed by atoms with Gasteiger partial charge in [-0.05, 0) is 68.3 Å². The molecule has 18 N–H and O–H groups in total. The van der Waals surface area contributed by atoms with Crippen molar-refractivity contribution in [3.05, 3.63) is 0 Å². The van der Waals surface area contributed by atoms with Crippen LogP contribution in [0.1, 0.15) is 46.5 Å². The lowest BCUT2D eigenvalue weighted by Crippen LogP contribution is -2.61. The number of hydrogen-bond acceptors (Lipinski definition) is 24. The molecular weight excluding hydrogens is 878 g/mol. The molecule has 5 heterocycles. The monoisotopic (exact) mass is 968 g/mol. The smallest absolute Gasteiger partial charge is 0.109 e. The molecule has 66 heavy (non-hydrogen) atoms. The number of piperidine rings is 5. The van der Waals surface area contributed by atoms with Crippen molar-refractivity contribution in [2.75, 3.05) is 100 Å². The maximum atomic E-state index is 9.82. The molecule has 0 aromatic rings. The highest BCUT2D eigenvalue weighted by molar-refractivity contribution is 4.95. The Labute approximate surface area is 389 Å². The van der Waals surface area contributed by atoms with Gasteiger partial charge < -0.3 is 96.7 Å². The fourth-order valence-electron chi connectivity index (χ4n) is 8.40. The zero-order chi connectivity index (χ0) is 50.7. The molecular formula is C42H89N5O19. The third-order valence-corrected chi connectivity index (χ3v) is 13.4. The zero-order valence-corrected chi connectivity index (χ0v) is 39.8. The van der Waals surface area contributed by atoms with Gasteiger partial charge in [0.05, 0.1) is 80.7 Å². The van der Waals surface area contributed by atoms with Gasteiger partial charge in [-0.1, -0.05) is 12.8 Å². The van der Waals surface area contributed by atoms with Crippen LogP contribution in [0.4, 0.5) is 0 Å². The van der Waals surface area contributed by atoms with Crippen LogP contribution >= 0.6 is 0 Å². The number of ether oxygens (including phenoxy) is 1. The summed E-state index contributed by atoms with van der Waals surface area (Å²) in [5.41, 5.74) is 0. The molecule has 0 aromatic heterocycles. The van der Waals surface area contributed by atoms with E-state index in [0.717, 1.165) is 45.4 Å². The predicted molar refractivity (Wildman–Crippen MR) is 239 cm³/mol. The van der Waals surface area contributed by atoms with Crippen molar-refractivity contribution in [2.24, 2.45) is 0 Å². The number of hydrogen-bond donors (Lipinski definition) is 18. The van der Waals surface area contributed by atoms with Crippen LogP contribution in [0.2, 0.25) is 0 Å². The maximum Gasteiger partial charge on any atom is 0.109 e. The third-order valence-electron chi connectivity index (χ3n) is 13.4. The first-order valence-corrected chi connectivity index (χ1v) is 23.0. The molecule has 5 aliphatic heterocycles. The SMILES string of the molecule is CCOCCCCCCN1C[C@H](O)[C@@H](O)[C@@H](O)[C@H]1C.CN1C[C@H](O)[C@@H](O)[C@@H](O)[C@H]1CO.CN1C[C@H](O)[C@@H](O)[C@H](O)[C@H]1CO.CN1C[C@H](O)[C@@H](O)[C@H](O)[C@H]1CO.C[C@@H]1[C@H](O)[C@H](O)[C@@H](O)CN1C. The summed E-state index contributed by atoms with van der Waals surface area (Å²) < 4.78 is 5.28. The van der Waals surface area contributed by atoms with E-state index >= 15 is 0 Å². The molecule has 0 bridgehead atoms. The van der Waals surface area contributed by atoms with Gasteiger partial charge in [-0.15, -0.1) is 0 Å². The van der Waals surface area contributed by atoms with E-state index in [-0.39, 0.29) is 51.5 Å². The van der Waals surface area contributed by atoms with Gasteiger partial charge >= 0.3 is 0 Å². The molecule has 0 amide bonds. The number of aliphatic hydroxyl groups is 18. The van der Waals surface area contributed by atoms with Crippen molar-refractivity contribution >= 4 is 0 Å². The molecule has 5 fully saturated rings. The molecule has 396 valence electrons. The minimum Gasteiger partial charge on any atom is -0.395 e. The molecule has 0 saturated carbocycles. The standard InChI is InChI=1S/C14H29NO4.3C7H15NO4.C7H15NO3/c1-3-19-9-7-5-4-6-8-15-10-12(16)14(18)13(17)11(15)2;3*1-8-2-5(10)7(12)6(11)4(8)3-9;1-4-6(10)7(11)5(9)3-8(4)2/h11-14,16-18H,3-10H2,1-2H3;3*4-7,9-12H,2-3H2,1H3;4-7,9-11H,3H2,1-2H3/t11-,12+,13+,14-;4-,5+,6+,7-;2*4-,5+,6-,7-;4-,5+,6+,7-/m11111/s1. The molecule has 20 atom stereocenters. The van der Waals surface area contributed by atoms with E-state index in [1.165, 1.54) is 0 Å². The highest BCUT2D eigenvalue weighted by Crippen LogP contribution is 2.21. The summed E-state index contributed by atoms with van der Waals surface area (Å²) in [6.45, 7) is 9.19. The van der Waals surface area contributed by atoms with Crippen LogP contribution in [-0.2, 0) is 4.74 Å². The van der Waals surface area contributed by atoms with Crippen molar-refractivity contribution in [2.45, 2.75) is 168 Å². The highest BCUT2D eigenvalue weighted by atomic mass is 16.5. The summed E-state index contributed by atoms with van der Waals surface area (Å²) in [5.74, 6) is 0. The lowest BCUT2D eigenvalue weighted by Gasteiger charge is -2.42. The largest absolute Gasteiger partial charge is 0.395 e. The van der Waals surface area contributed by atoms with Crippen molar-refractivity contribution in [3.63, 3.8) is 0 Å². The number of unbranched alkanes of at least 4 members (excludes halogenated alkanes) is 3. The number of aliphatic hydroxyl groups excluding tert-OH is 18. The van der Waals surface area contributed by atoms with Crippen LogP contribution in [-0.4, -0.2) is 339 Å². The van der Waals surface area contributed by atoms with E-state index in [4.69, 9.17) is 20.1 Å². The Hall–Kier alpha value is -0.960. The first kappa shape index (κ1) is 63.1. The lowest BCUT2D eigenvalue weighted by molar-refractivity contribution is -0.139. The number of β-amino-alcohol motifs (C(OH)–C–C–N with tert-alkyl or cyclic N) is 5. The van der Waals surface area contributed by atoms with Gasteiger partial charge in [-0.2, -0.15) is 0 Å². The van der Waals surface area contributed by atoms with Crippen LogP contribution in [0.15, 0.2) is 0 Å². The summed E-state index contributed by atoms with van der Waals surface area (Å²) >= 11 is 0. The summed E-state index contributed by atoms with van der Waals surface area (Å²) in [4.78, 5) is 8.76. The molecule has 0 spiro atoms. The van der Waals surface area contributed by atoms with Gasteiger partial charge in [-0.25, -0.2) is 0 Å². The van der Waals surface area contributed by atoms with Crippen LogP contribution in [0.25, 0.3) is 0 Å². The van der Waals surface area contributed by atoms with Gasteiger partial charge in [0.15, 0.2) is 0 Å². The van der Waals surface area contributed by atoms with E-state index in [1.807, 2.05) is 32.7 Å². The Kier molecular flexibility index (Phi) is 30.0. The number of nitrogens with zero attached hydrogens (tertiary/aromatic N) is 5. The number of likely N-dealkylation sites (tertiary alicyclic amines) is 5. The second-order valence-corrected chi connectivity index (χ2v) is 18.3. The fourth-order valence-corrected chi connectivity index (χ4v) is 8.40. The second kappa shape index (κ2) is 31.4. The van der Waals surface area contributed by atoms with Gasteiger partial charge in [-0.3, -0.25) is 24.5 Å². The Bertz CT molecular complexity index is 1170. The van der Waals surface area contributed by atoms with Crippen molar-refractivity contribution in [1.82, 2.24) is 24.5 Å². The van der Waals surface area contributed by atoms with Crippen molar-refractivity contribution in [1.29, 1.82) is 0 Å². The van der Waals surface area contributed by atoms with Crippen molar-refractivity contribution in [3.8, 4) is 0 Å². The molecule has 5 aliphatic rings. The predicted octanol–water partition coefficient (Wildman–Crippen LogP) is -9.10. The fraction of sp³-hybridized carbons (Fsp3) is 1.00. The Balaban J connectivity index is 0.000000419. The van der Waals surface area contributed by atoms with E-state index in [1.54, 1.807) is 35.8 Å². The van der Waals surface area contributed by atoms with Gasteiger partial charge in [0.2, 0.25) is 0 Å². The minimum atomic E-state index is -1.15.